The third-order valence-electron chi connectivity index (χ3n) is 7.31. The molecule has 5 rings (SSSR count). The molecule has 0 radical (unpaired) electrons. The highest BCUT2D eigenvalue weighted by atomic mass is 16.6. The molecule has 3 amide bonds. The summed E-state index contributed by atoms with van der Waals surface area (Å²) in [7, 11) is 3.07. The Hall–Kier alpha value is -4.12. The number of carbonyl (C=O) groups excluding carboxylic acids is 3. The molecule has 3 aliphatic rings. The summed E-state index contributed by atoms with van der Waals surface area (Å²) in [5.74, 6) is 0.705. The maximum absolute atomic E-state index is 13.3. The van der Waals surface area contributed by atoms with Crippen LogP contribution in [-0.2, 0) is 32.0 Å². The molecule has 5 heterocycles. The van der Waals surface area contributed by atoms with Gasteiger partial charge in [0.1, 0.15) is 46.9 Å². The van der Waals surface area contributed by atoms with Crippen molar-refractivity contribution < 1.29 is 33.3 Å². The minimum atomic E-state index is -0.488. The highest BCUT2D eigenvalue weighted by Crippen LogP contribution is 2.30. The van der Waals surface area contributed by atoms with E-state index in [4.69, 9.17) is 18.9 Å². The predicted molar refractivity (Wildman–Crippen MR) is 140 cm³/mol. The Labute approximate surface area is 231 Å². The molecule has 210 valence electrons. The Morgan fingerprint density at radius 2 is 2.08 bits per heavy atom. The third-order valence-corrected chi connectivity index (χ3v) is 7.31. The van der Waals surface area contributed by atoms with E-state index in [1.165, 1.54) is 24.3 Å². The minimum Gasteiger partial charge on any atom is -0.484 e. The predicted octanol–water partition coefficient (Wildman–Crippen LogP) is 1.69. The number of hydrogen-bond donors (Lipinski definition) is 1. The smallest absolute Gasteiger partial charge is 0.328 e. The molecule has 1 N–H and O–H groups in total. The lowest BCUT2D eigenvalue weighted by Crippen LogP contribution is -2.40. The lowest BCUT2D eigenvalue weighted by atomic mass is 10.0. The molecular formula is C27H30N6O7. The Morgan fingerprint density at radius 3 is 2.80 bits per heavy atom. The van der Waals surface area contributed by atoms with E-state index in [-0.39, 0.29) is 41.4 Å². The fourth-order valence-corrected chi connectivity index (χ4v) is 5.15. The van der Waals surface area contributed by atoms with Gasteiger partial charge in [0.05, 0.1) is 19.4 Å². The Morgan fingerprint density at radius 1 is 1.25 bits per heavy atom. The van der Waals surface area contributed by atoms with Gasteiger partial charge in [-0.05, 0) is 24.5 Å². The van der Waals surface area contributed by atoms with Gasteiger partial charge < -0.3 is 23.8 Å². The molecule has 0 saturated carbocycles. The quantitative estimate of drug-likeness (QED) is 0.480. The molecule has 2 fully saturated rings. The number of nitrogens with one attached hydrogen (secondary N) is 1. The number of nitriles is 1. The van der Waals surface area contributed by atoms with Crippen LogP contribution in [0.3, 0.4) is 0 Å². The third kappa shape index (κ3) is 5.46. The number of urea groups is 1. The summed E-state index contributed by atoms with van der Waals surface area (Å²) < 4.78 is 22.0. The van der Waals surface area contributed by atoms with E-state index in [1.54, 1.807) is 12.0 Å². The SMILES string of the molecule is CO[C@H]1CCN(Cc2cc3c(nc2C=O)N(C(=O)Nc2cc(OC4COC[C@H]4OC)c(C#N)cn2)CCC3)C1=O. The van der Waals surface area contributed by atoms with Crippen molar-refractivity contribution in [3.63, 3.8) is 0 Å². The number of anilines is 2. The molecule has 2 saturated heterocycles. The van der Waals surface area contributed by atoms with Crippen LogP contribution in [0, 0.1) is 11.3 Å². The van der Waals surface area contributed by atoms with Crippen molar-refractivity contribution in [2.75, 3.05) is 50.7 Å². The number of fused-ring (bicyclic) bond motifs is 1. The maximum atomic E-state index is 13.3. The molecule has 13 heteroatoms. The number of amides is 3. The number of rotatable bonds is 8. The van der Waals surface area contributed by atoms with Crippen LogP contribution in [0.1, 0.15) is 40.0 Å². The largest absolute Gasteiger partial charge is 0.484 e. The van der Waals surface area contributed by atoms with E-state index in [0.717, 1.165) is 5.56 Å². The van der Waals surface area contributed by atoms with Gasteiger partial charge in [-0.25, -0.2) is 14.8 Å². The highest BCUT2D eigenvalue weighted by molar-refractivity contribution is 6.01. The molecule has 2 aromatic rings. The number of methoxy groups -OCH3 is 2. The van der Waals surface area contributed by atoms with Crippen LogP contribution in [-0.4, -0.2) is 91.9 Å². The highest BCUT2D eigenvalue weighted by Gasteiger charge is 2.33. The summed E-state index contributed by atoms with van der Waals surface area (Å²) in [5, 5.41) is 12.3. The molecule has 40 heavy (non-hydrogen) atoms. The van der Waals surface area contributed by atoms with Gasteiger partial charge in [0.15, 0.2) is 12.4 Å². The molecule has 0 bridgehead atoms. The Kier molecular flexibility index (Phi) is 8.20. The first-order chi connectivity index (χ1) is 19.4. The van der Waals surface area contributed by atoms with E-state index in [1.807, 2.05) is 12.1 Å². The summed E-state index contributed by atoms with van der Waals surface area (Å²) in [6, 6.07) is 4.89. The van der Waals surface area contributed by atoms with Gasteiger partial charge >= 0.3 is 6.03 Å². The van der Waals surface area contributed by atoms with Gasteiger partial charge in [-0.3, -0.25) is 19.8 Å². The van der Waals surface area contributed by atoms with Crippen molar-refractivity contribution in [2.45, 2.75) is 44.1 Å². The average molecular weight is 551 g/mol. The van der Waals surface area contributed by atoms with E-state index in [9.17, 15) is 19.6 Å². The number of likely N-dealkylation sites (tertiary alicyclic amines) is 1. The summed E-state index contributed by atoms with van der Waals surface area (Å²) in [4.78, 5) is 49.7. The van der Waals surface area contributed by atoms with Crippen molar-refractivity contribution in [2.24, 2.45) is 0 Å². The van der Waals surface area contributed by atoms with E-state index < -0.39 is 18.2 Å². The molecule has 0 aliphatic carbocycles. The van der Waals surface area contributed by atoms with Crippen LogP contribution in [0.4, 0.5) is 16.4 Å². The first-order valence-corrected chi connectivity index (χ1v) is 13.0. The number of pyridine rings is 2. The monoisotopic (exact) mass is 550 g/mol. The van der Waals surface area contributed by atoms with Crippen molar-refractivity contribution in [1.82, 2.24) is 14.9 Å². The maximum Gasteiger partial charge on any atom is 0.328 e. The molecular weight excluding hydrogens is 520 g/mol. The van der Waals surface area contributed by atoms with Gasteiger partial charge in [-0.2, -0.15) is 5.26 Å². The van der Waals surface area contributed by atoms with E-state index >= 15 is 0 Å². The number of aromatic nitrogens is 2. The zero-order chi connectivity index (χ0) is 28.2. The van der Waals surface area contributed by atoms with Crippen LogP contribution in [0.25, 0.3) is 0 Å². The van der Waals surface area contributed by atoms with Crippen LogP contribution >= 0.6 is 0 Å². The molecule has 0 spiro atoms. The molecule has 1 unspecified atom stereocenters. The fourth-order valence-electron chi connectivity index (χ4n) is 5.15. The number of aryl methyl sites for hydroxylation is 1. The van der Waals surface area contributed by atoms with Gasteiger partial charge in [0, 0.05) is 51.9 Å². The van der Waals surface area contributed by atoms with Crippen LogP contribution in [0.15, 0.2) is 18.3 Å². The number of nitrogens with zero attached hydrogens (tertiary/aromatic N) is 5. The topological polar surface area (TPSA) is 156 Å². The second-order valence-corrected chi connectivity index (χ2v) is 9.74. The number of ether oxygens (including phenoxy) is 4. The molecule has 13 nitrogen and oxygen atoms in total. The van der Waals surface area contributed by atoms with Crippen LogP contribution < -0.4 is 15.0 Å². The summed E-state index contributed by atoms with van der Waals surface area (Å²) >= 11 is 0. The minimum absolute atomic E-state index is 0.116. The average Bonchev–Trinajstić information content (AvgIpc) is 3.57. The summed E-state index contributed by atoms with van der Waals surface area (Å²) in [6.45, 7) is 1.85. The Balaban J connectivity index is 1.34. The second kappa shape index (κ2) is 12.0. The van der Waals surface area contributed by atoms with Crippen molar-refractivity contribution in [1.29, 1.82) is 5.26 Å². The van der Waals surface area contributed by atoms with E-state index in [0.29, 0.717) is 63.2 Å². The summed E-state index contributed by atoms with van der Waals surface area (Å²) in [5.41, 5.74) is 1.81. The molecule has 3 aliphatic heterocycles. The zero-order valence-electron chi connectivity index (χ0n) is 22.3. The second-order valence-electron chi connectivity index (χ2n) is 9.74. The van der Waals surface area contributed by atoms with Crippen molar-refractivity contribution in [3.05, 3.63) is 40.7 Å². The van der Waals surface area contributed by atoms with Crippen molar-refractivity contribution >= 4 is 29.9 Å². The molecule has 0 aromatic carbocycles. The first-order valence-electron chi connectivity index (χ1n) is 13.0. The number of aldehydes is 1. The molecule has 2 aromatic heterocycles. The lowest BCUT2D eigenvalue weighted by molar-refractivity contribution is -0.136. The number of hydrogen-bond acceptors (Lipinski definition) is 10. The van der Waals surface area contributed by atoms with Gasteiger partial charge in [-0.15, -0.1) is 0 Å². The Bertz CT molecular complexity index is 1350. The zero-order valence-corrected chi connectivity index (χ0v) is 22.3. The summed E-state index contributed by atoms with van der Waals surface area (Å²) in [6.07, 6.45) is 2.75. The fraction of sp³-hybridized carbons (Fsp3) is 0.481. The van der Waals surface area contributed by atoms with Crippen LogP contribution in [0.2, 0.25) is 0 Å². The molecule has 3 atom stereocenters. The van der Waals surface area contributed by atoms with Gasteiger partial charge in [0.25, 0.3) is 5.91 Å². The standard InChI is InChI=1S/C27H30N6O7/c1-37-20-5-7-32(26(20)35)12-17-8-16-4-3-6-33(25(16)30-19(17)13-34)27(36)31-24-9-21(18(10-28)11-29-24)40-23-15-39-14-22(23)38-2/h8-9,11,13,20,22-23H,3-7,12,14-15H2,1-2H3,(H,29,31,36)/t20-,22+,23?/m0/s1. The van der Waals surface area contributed by atoms with Crippen molar-refractivity contribution in [3.8, 4) is 11.8 Å². The number of carbonyl (C=O) groups is 3. The van der Waals surface area contributed by atoms with E-state index in [2.05, 4.69) is 15.3 Å². The van der Waals surface area contributed by atoms with Gasteiger partial charge in [-0.1, -0.05) is 0 Å². The lowest BCUT2D eigenvalue weighted by Gasteiger charge is -2.29. The van der Waals surface area contributed by atoms with Crippen LogP contribution in [0.5, 0.6) is 5.75 Å². The van der Waals surface area contributed by atoms with Gasteiger partial charge in [0.2, 0.25) is 0 Å². The normalized spacial score (nSPS) is 22.1. The first kappa shape index (κ1) is 27.4.